The second-order valence-electron chi connectivity index (χ2n) is 2.41. The van der Waals surface area contributed by atoms with Crippen molar-refractivity contribution in [2.45, 2.75) is 18.0 Å². The summed E-state index contributed by atoms with van der Waals surface area (Å²) in [6.45, 7) is 0. The van der Waals surface area contributed by atoms with Gasteiger partial charge in [-0.1, -0.05) is 7.60 Å². The smallest absolute Gasteiger partial charge is 0.810 e. The predicted octanol–water partition coefficient (Wildman–Crippen LogP) is -8.92. The molecule has 2 unspecified atom stereocenters. The molecule has 5 N–H and O–H groups in total. The van der Waals surface area contributed by atoms with Crippen molar-refractivity contribution < 1.29 is 92.9 Å². The minimum atomic E-state index is -5.45. The van der Waals surface area contributed by atoms with Crippen LogP contribution in [0.25, 0.3) is 0 Å². The Morgan fingerprint density at radius 2 is 1.53 bits per heavy atom. The molecule has 0 aromatic rings. The third-order valence-corrected chi connectivity index (χ3v) is 4.88. The molecule has 2 atom stereocenters. The minimum absolute atomic E-state index is 0. The predicted molar refractivity (Wildman–Crippen MR) is 38.2 cm³/mol. The van der Waals surface area contributed by atoms with E-state index in [2.05, 4.69) is 0 Å². The van der Waals surface area contributed by atoms with Gasteiger partial charge in [0.2, 0.25) is 0 Å². The Balaban J connectivity index is -0.000000720. The monoisotopic (exact) mass is 279 g/mol. The van der Waals surface area contributed by atoms with E-state index in [0.29, 0.717) is 0 Å². The summed E-state index contributed by atoms with van der Waals surface area (Å²) in [5.74, 6) is 0. The number of aliphatic hydroxyl groups is 1. The average molecular weight is 279 g/mol. The maximum atomic E-state index is 10.5. The van der Waals surface area contributed by atoms with Crippen LogP contribution in [-0.2, 0) is 9.13 Å². The Kier molecular flexibility index (Phi) is 12.5. The summed E-state index contributed by atoms with van der Waals surface area (Å²) in [4.78, 5) is 37.5. The number of rotatable bonds is 4. The summed E-state index contributed by atoms with van der Waals surface area (Å²) in [5, 5.41) is 6.03. The summed E-state index contributed by atoms with van der Waals surface area (Å²) >= 11 is 0. The quantitative estimate of drug-likeness (QED) is 0.223. The molecule has 0 radical (unpaired) electrons. The van der Waals surface area contributed by atoms with Crippen LogP contribution in [0.15, 0.2) is 0 Å². The van der Waals surface area contributed by atoms with E-state index in [-0.39, 0.29) is 59.1 Å². The van der Waals surface area contributed by atoms with Gasteiger partial charge in [0, 0.05) is 6.42 Å². The first kappa shape index (κ1) is 22.4. The fourth-order valence-corrected chi connectivity index (χ4v) is 3.11. The van der Waals surface area contributed by atoms with Gasteiger partial charge in [-0.15, -0.1) is 0 Å². The van der Waals surface area contributed by atoms with Gasteiger partial charge >= 0.3 is 66.7 Å². The second kappa shape index (κ2) is 8.34. The van der Waals surface area contributed by atoms with Crippen molar-refractivity contribution in [1.29, 1.82) is 0 Å². The molecule has 15 heavy (non-hydrogen) atoms. The van der Waals surface area contributed by atoms with Gasteiger partial charge in [0.25, 0.3) is 0 Å². The fourth-order valence-electron chi connectivity index (χ4n) is 0.667. The molecule has 0 aliphatic carbocycles. The van der Waals surface area contributed by atoms with Crippen LogP contribution in [0.2, 0.25) is 0 Å². The van der Waals surface area contributed by atoms with Crippen LogP contribution in [0.3, 0.4) is 0 Å². The zero-order valence-corrected chi connectivity index (χ0v) is 14.1. The van der Waals surface area contributed by atoms with Crippen molar-refractivity contribution in [2.24, 2.45) is 5.73 Å². The summed E-state index contributed by atoms with van der Waals surface area (Å²) < 4.78 is 20.8. The molecule has 0 bridgehead atoms. The van der Waals surface area contributed by atoms with Gasteiger partial charge in [-0.2, -0.15) is 0 Å². The number of nitrogens with two attached hydrogens (primary N) is 1. The maximum absolute atomic E-state index is 10.5. The minimum Gasteiger partial charge on any atom is -0.810 e. The molecule has 0 aliphatic rings. The third kappa shape index (κ3) is 9.88. The molecule has 0 aromatic carbocycles. The zero-order chi connectivity index (χ0) is 10.9. The topological polar surface area (TPSA) is 167 Å². The van der Waals surface area contributed by atoms with Crippen molar-refractivity contribution in [3.63, 3.8) is 0 Å². The standard InChI is InChI=1S/C3H11NO7P2.2Na/c4-2(5)1-3(12(6,7)8)13(9,10)11;;/h2-3,5H,1,4H2,(H2,6,7,8)(H2,9,10,11);;/q;2*+1/p-2. The van der Waals surface area contributed by atoms with Crippen molar-refractivity contribution >= 4 is 15.2 Å². The van der Waals surface area contributed by atoms with E-state index in [9.17, 15) is 18.9 Å². The first-order valence-electron chi connectivity index (χ1n) is 3.05. The van der Waals surface area contributed by atoms with Gasteiger partial charge in [-0.3, -0.25) is 4.57 Å². The molecular weight excluding hydrogens is 270 g/mol. The van der Waals surface area contributed by atoms with E-state index in [1.54, 1.807) is 0 Å². The number of aliphatic hydroxyl groups excluding tert-OH is 1. The van der Waals surface area contributed by atoms with Crippen molar-refractivity contribution in [3.8, 4) is 0 Å². The van der Waals surface area contributed by atoms with E-state index in [1.807, 2.05) is 0 Å². The maximum Gasteiger partial charge on any atom is 1.00 e. The van der Waals surface area contributed by atoms with Crippen LogP contribution < -0.4 is 74.6 Å². The molecule has 12 heteroatoms. The van der Waals surface area contributed by atoms with E-state index in [4.69, 9.17) is 20.6 Å². The van der Waals surface area contributed by atoms with Crippen LogP contribution in [0.4, 0.5) is 0 Å². The number of hydrogen-bond donors (Lipinski definition) is 4. The molecule has 0 aromatic heterocycles. The Bertz CT molecular complexity index is 239. The molecule has 0 fully saturated rings. The molecule has 0 heterocycles. The summed E-state index contributed by atoms with van der Waals surface area (Å²) in [6.07, 6.45) is -2.73. The molecule has 0 aliphatic heterocycles. The SMILES string of the molecule is NC(O)CC(P(=O)([O-])[O-])P(=O)(O)O.[Na+].[Na+]. The molecule has 8 nitrogen and oxygen atoms in total. The van der Waals surface area contributed by atoms with Crippen LogP contribution >= 0.6 is 15.2 Å². The van der Waals surface area contributed by atoms with Crippen LogP contribution in [0.5, 0.6) is 0 Å². The zero-order valence-electron chi connectivity index (χ0n) is 8.31. The third-order valence-electron chi connectivity index (χ3n) is 1.21. The summed E-state index contributed by atoms with van der Waals surface area (Å²) in [7, 11) is -10.5. The largest absolute Gasteiger partial charge is 1.00 e. The van der Waals surface area contributed by atoms with Gasteiger partial charge in [0.15, 0.2) is 0 Å². The average Bonchev–Trinajstić information content (AvgIpc) is 1.77. The number of hydrogen-bond acceptors (Lipinski definition) is 6. The molecule has 0 rings (SSSR count). The normalized spacial score (nSPS) is 15.9. The molecule has 0 amide bonds. The fraction of sp³-hybridized carbons (Fsp3) is 1.00. The van der Waals surface area contributed by atoms with E-state index in [0.717, 1.165) is 0 Å². The van der Waals surface area contributed by atoms with Gasteiger partial charge in [0.05, 0.1) is 5.40 Å². The molecular formula is C3H9NNa2O7P2. The van der Waals surface area contributed by atoms with E-state index < -0.39 is 33.2 Å². The van der Waals surface area contributed by atoms with Crippen molar-refractivity contribution in [3.05, 3.63) is 0 Å². The molecule has 0 spiro atoms. The van der Waals surface area contributed by atoms with Crippen molar-refractivity contribution in [1.82, 2.24) is 0 Å². The van der Waals surface area contributed by atoms with Gasteiger partial charge in [0.1, 0.15) is 6.23 Å². The summed E-state index contributed by atoms with van der Waals surface area (Å²) in [5.41, 5.74) is 4.70. The Morgan fingerprint density at radius 3 is 1.60 bits per heavy atom. The summed E-state index contributed by atoms with van der Waals surface area (Å²) in [6, 6.07) is 0. The van der Waals surface area contributed by atoms with Crippen LogP contribution in [0, 0.1) is 0 Å². The first-order valence-corrected chi connectivity index (χ1v) is 6.35. The van der Waals surface area contributed by atoms with Crippen LogP contribution in [-0.4, -0.2) is 26.5 Å². The van der Waals surface area contributed by atoms with Gasteiger partial charge in [-0.25, -0.2) is 0 Å². The van der Waals surface area contributed by atoms with E-state index >= 15 is 0 Å². The van der Waals surface area contributed by atoms with Crippen LogP contribution in [0.1, 0.15) is 6.42 Å². The molecule has 0 saturated carbocycles. The van der Waals surface area contributed by atoms with Gasteiger partial charge in [-0.05, 0) is 0 Å². The Labute approximate surface area is 131 Å². The molecule has 0 saturated heterocycles. The Hall–Kier alpha value is 2.22. The second-order valence-corrected chi connectivity index (χ2v) is 6.32. The Morgan fingerprint density at radius 1 is 1.20 bits per heavy atom. The van der Waals surface area contributed by atoms with Gasteiger partial charge < -0.3 is 35.0 Å². The first-order chi connectivity index (χ1) is 5.55. The molecule has 80 valence electrons. The van der Waals surface area contributed by atoms with E-state index in [1.165, 1.54) is 0 Å². The van der Waals surface area contributed by atoms with Crippen molar-refractivity contribution in [2.75, 3.05) is 0 Å².